The van der Waals surface area contributed by atoms with E-state index >= 15 is 0 Å². The molecule has 1 heterocycles. The van der Waals surface area contributed by atoms with E-state index in [4.69, 9.17) is 4.98 Å². The van der Waals surface area contributed by atoms with Crippen molar-refractivity contribution in [2.45, 2.75) is 72.4 Å². The molecule has 142 valence electrons. The minimum absolute atomic E-state index is 0.00362. The zero-order valence-electron chi connectivity index (χ0n) is 16.8. The molecule has 1 aromatic heterocycles. The SMILES string of the molecule is CC(C(=O)Nc1nc2ccc(C(C)(C)O)cc2n1C1CCC1)C(C)(C)C. The summed E-state index contributed by atoms with van der Waals surface area (Å²) in [7, 11) is 0. The quantitative estimate of drug-likeness (QED) is 0.840. The molecule has 1 aromatic carbocycles. The molecule has 1 amide bonds. The second-order valence-electron chi connectivity index (χ2n) is 9.23. The molecule has 0 radical (unpaired) electrons. The van der Waals surface area contributed by atoms with Crippen LogP contribution in [0.5, 0.6) is 0 Å². The maximum atomic E-state index is 12.7. The van der Waals surface area contributed by atoms with Gasteiger partial charge in [0.2, 0.25) is 11.9 Å². The number of amides is 1. The molecule has 2 aromatic rings. The molecular weight excluding hydrogens is 326 g/mol. The Balaban J connectivity index is 2.03. The van der Waals surface area contributed by atoms with Crippen LogP contribution in [0.3, 0.4) is 0 Å². The Bertz CT molecular complexity index is 820. The number of fused-ring (bicyclic) bond motifs is 1. The highest BCUT2D eigenvalue weighted by Gasteiger charge is 2.30. The number of imidazole rings is 1. The van der Waals surface area contributed by atoms with Crippen LogP contribution in [0.25, 0.3) is 11.0 Å². The molecule has 3 rings (SSSR count). The summed E-state index contributed by atoms with van der Waals surface area (Å²) in [5.74, 6) is 0.499. The van der Waals surface area contributed by atoms with Gasteiger partial charge < -0.3 is 9.67 Å². The Morgan fingerprint density at radius 1 is 1.27 bits per heavy atom. The summed E-state index contributed by atoms with van der Waals surface area (Å²) in [4.78, 5) is 17.4. The zero-order chi connectivity index (χ0) is 19.3. The fourth-order valence-electron chi connectivity index (χ4n) is 3.19. The predicted octanol–water partition coefficient (Wildman–Crippen LogP) is 4.61. The molecule has 1 aliphatic carbocycles. The topological polar surface area (TPSA) is 67.2 Å². The molecule has 1 aliphatic rings. The predicted molar refractivity (Wildman–Crippen MR) is 105 cm³/mol. The number of hydrogen-bond acceptors (Lipinski definition) is 3. The van der Waals surface area contributed by atoms with Crippen molar-refractivity contribution >= 4 is 22.9 Å². The zero-order valence-corrected chi connectivity index (χ0v) is 16.8. The van der Waals surface area contributed by atoms with Crippen LogP contribution in [0, 0.1) is 11.3 Å². The van der Waals surface area contributed by atoms with Gasteiger partial charge in [0.1, 0.15) is 0 Å². The highest BCUT2D eigenvalue weighted by molar-refractivity contribution is 5.93. The van der Waals surface area contributed by atoms with E-state index < -0.39 is 5.60 Å². The van der Waals surface area contributed by atoms with Crippen molar-refractivity contribution in [1.29, 1.82) is 0 Å². The smallest absolute Gasteiger partial charge is 0.230 e. The number of carbonyl (C=O) groups excluding carboxylic acids is 1. The van der Waals surface area contributed by atoms with Crippen molar-refractivity contribution in [1.82, 2.24) is 9.55 Å². The highest BCUT2D eigenvalue weighted by atomic mass is 16.3. The van der Waals surface area contributed by atoms with Crippen molar-refractivity contribution in [3.63, 3.8) is 0 Å². The molecule has 0 saturated heterocycles. The third kappa shape index (κ3) is 3.50. The van der Waals surface area contributed by atoms with Gasteiger partial charge in [0.05, 0.1) is 16.6 Å². The minimum Gasteiger partial charge on any atom is -0.386 e. The number of aromatic nitrogens is 2. The largest absolute Gasteiger partial charge is 0.386 e. The average molecular weight is 357 g/mol. The molecule has 26 heavy (non-hydrogen) atoms. The van der Waals surface area contributed by atoms with E-state index in [1.165, 1.54) is 6.42 Å². The van der Waals surface area contributed by atoms with Gasteiger partial charge in [-0.3, -0.25) is 10.1 Å². The first-order chi connectivity index (χ1) is 12.0. The van der Waals surface area contributed by atoms with Crippen LogP contribution in [-0.2, 0) is 10.4 Å². The summed E-state index contributed by atoms with van der Waals surface area (Å²) < 4.78 is 2.15. The number of hydrogen-bond donors (Lipinski definition) is 2. The van der Waals surface area contributed by atoms with Crippen molar-refractivity contribution in [2.75, 3.05) is 5.32 Å². The lowest BCUT2D eigenvalue weighted by Crippen LogP contribution is -2.32. The highest BCUT2D eigenvalue weighted by Crippen LogP contribution is 2.38. The maximum Gasteiger partial charge on any atom is 0.230 e. The molecule has 1 saturated carbocycles. The molecule has 0 bridgehead atoms. The Kier molecular flexibility index (Phi) is 4.63. The van der Waals surface area contributed by atoms with Crippen LogP contribution >= 0.6 is 0 Å². The van der Waals surface area contributed by atoms with Crippen LogP contribution in [0.2, 0.25) is 0 Å². The van der Waals surface area contributed by atoms with Crippen LogP contribution < -0.4 is 5.32 Å². The van der Waals surface area contributed by atoms with E-state index in [1.807, 2.05) is 25.1 Å². The Labute approximate surface area is 155 Å². The molecule has 0 spiro atoms. The number of rotatable bonds is 4. The van der Waals surface area contributed by atoms with E-state index in [9.17, 15) is 9.90 Å². The number of aliphatic hydroxyl groups is 1. The third-order valence-corrected chi connectivity index (χ3v) is 5.76. The van der Waals surface area contributed by atoms with E-state index in [0.29, 0.717) is 12.0 Å². The van der Waals surface area contributed by atoms with Gasteiger partial charge in [0.25, 0.3) is 0 Å². The van der Waals surface area contributed by atoms with Crippen molar-refractivity contribution < 1.29 is 9.90 Å². The first-order valence-electron chi connectivity index (χ1n) is 9.54. The van der Waals surface area contributed by atoms with E-state index in [-0.39, 0.29) is 17.2 Å². The third-order valence-electron chi connectivity index (χ3n) is 5.76. The lowest BCUT2D eigenvalue weighted by atomic mass is 9.81. The fourth-order valence-corrected chi connectivity index (χ4v) is 3.19. The Morgan fingerprint density at radius 2 is 1.92 bits per heavy atom. The number of carbonyl (C=O) groups is 1. The second-order valence-corrected chi connectivity index (χ2v) is 9.23. The number of benzene rings is 1. The molecule has 0 aliphatic heterocycles. The van der Waals surface area contributed by atoms with Crippen molar-refractivity contribution in [2.24, 2.45) is 11.3 Å². The van der Waals surface area contributed by atoms with E-state index in [1.54, 1.807) is 13.8 Å². The maximum absolute atomic E-state index is 12.7. The summed E-state index contributed by atoms with van der Waals surface area (Å²) >= 11 is 0. The molecular formula is C21H31N3O2. The van der Waals surface area contributed by atoms with Gasteiger partial charge in [-0.25, -0.2) is 4.98 Å². The minimum atomic E-state index is -0.910. The van der Waals surface area contributed by atoms with Gasteiger partial charge in [0.15, 0.2) is 0 Å². The first kappa shape index (κ1) is 18.9. The average Bonchev–Trinajstić information content (AvgIpc) is 2.80. The first-order valence-corrected chi connectivity index (χ1v) is 9.54. The van der Waals surface area contributed by atoms with Gasteiger partial charge in [-0.05, 0) is 56.2 Å². The van der Waals surface area contributed by atoms with Gasteiger partial charge in [-0.1, -0.05) is 33.8 Å². The summed E-state index contributed by atoms with van der Waals surface area (Å²) in [6.07, 6.45) is 3.38. The lowest BCUT2D eigenvalue weighted by molar-refractivity contribution is -0.122. The number of nitrogens with zero attached hydrogens (tertiary/aromatic N) is 2. The summed E-state index contributed by atoms with van der Waals surface area (Å²) in [5.41, 5.74) is 1.67. The molecule has 1 fully saturated rings. The van der Waals surface area contributed by atoms with Gasteiger partial charge in [0, 0.05) is 12.0 Å². The summed E-state index contributed by atoms with van der Waals surface area (Å²) in [6.45, 7) is 11.7. The van der Waals surface area contributed by atoms with E-state index in [0.717, 1.165) is 29.4 Å². The standard InChI is InChI=1S/C21H31N3O2/c1-13(20(2,3)4)18(25)23-19-22-16-11-10-14(21(5,6)26)12-17(16)24(19)15-8-7-9-15/h10-13,15,26H,7-9H2,1-6H3,(H,22,23,25). The molecule has 1 atom stereocenters. The second kappa shape index (κ2) is 6.38. The van der Waals surface area contributed by atoms with E-state index in [2.05, 4.69) is 30.7 Å². The summed E-state index contributed by atoms with van der Waals surface area (Å²) in [6, 6.07) is 6.20. The molecule has 2 N–H and O–H groups in total. The van der Waals surface area contributed by atoms with Gasteiger partial charge >= 0.3 is 0 Å². The molecule has 1 unspecified atom stereocenters. The summed E-state index contributed by atoms with van der Waals surface area (Å²) in [5, 5.41) is 13.4. The molecule has 5 heteroatoms. The van der Waals surface area contributed by atoms with Crippen LogP contribution in [0.4, 0.5) is 5.95 Å². The normalized spacial score (nSPS) is 17.2. The lowest BCUT2D eigenvalue weighted by Gasteiger charge is -2.30. The van der Waals surface area contributed by atoms with Crippen LogP contribution in [0.1, 0.15) is 72.4 Å². The fraction of sp³-hybridized carbons (Fsp3) is 0.619. The number of nitrogens with one attached hydrogen (secondary N) is 1. The van der Waals surface area contributed by atoms with Crippen molar-refractivity contribution in [3.8, 4) is 0 Å². The Hall–Kier alpha value is -1.88. The monoisotopic (exact) mass is 357 g/mol. The van der Waals surface area contributed by atoms with Gasteiger partial charge in [-0.2, -0.15) is 0 Å². The Morgan fingerprint density at radius 3 is 2.42 bits per heavy atom. The number of anilines is 1. The van der Waals surface area contributed by atoms with Crippen LogP contribution in [-0.4, -0.2) is 20.6 Å². The van der Waals surface area contributed by atoms with Crippen molar-refractivity contribution in [3.05, 3.63) is 23.8 Å². The van der Waals surface area contributed by atoms with Crippen LogP contribution in [0.15, 0.2) is 18.2 Å². The van der Waals surface area contributed by atoms with Gasteiger partial charge in [-0.15, -0.1) is 0 Å². The molecule has 5 nitrogen and oxygen atoms in total.